The summed E-state index contributed by atoms with van der Waals surface area (Å²) in [7, 11) is 5.49. The number of nitrogens with one attached hydrogen (secondary N) is 2. The molecule has 2 aliphatic rings. The maximum atomic E-state index is 13.8. The van der Waals surface area contributed by atoms with Crippen molar-refractivity contribution in [3.05, 3.63) is 70.7 Å². The van der Waals surface area contributed by atoms with Crippen molar-refractivity contribution in [2.75, 3.05) is 64.1 Å². The van der Waals surface area contributed by atoms with Crippen LogP contribution in [0.2, 0.25) is 0 Å². The molecular weight excluding hydrogens is 570 g/mol. The Kier molecular flexibility index (Phi) is 9.42. The van der Waals surface area contributed by atoms with Crippen molar-refractivity contribution in [3.63, 3.8) is 0 Å². The number of anilines is 2. The number of carbonyl (C=O) groups excluding carboxylic acids is 3. The van der Waals surface area contributed by atoms with E-state index in [9.17, 15) is 14.4 Å². The van der Waals surface area contributed by atoms with Gasteiger partial charge in [0.15, 0.2) is 5.69 Å². The van der Waals surface area contributed by atoms with Crippen molar-refractivity contribution in [3.8, 4) is 0 Å². The van der Waals surface area contributed by atoms with Gasteiger partial charge in [-0.05, 0) is 57.6 Å². The molecule has 4 amide bonds. The minimum absolute atomic E-state index is 0.0924. The molecule has 2 N–H and O–H groups in total. The molecule has 0 spiro atoms. The third-order valence-electron chi connectivity index (χ3n) is 8.59. The molecule has 45 heavy (non-hydrogen) atoms. The van der Waals surface area contributed by atoms with Crippen molar-refractivity contribution in [1.82, 2.24) is 34.8 Å². The summed E-state index contributed by atoms with van der Waals surface area (Å²) in [5.74, 6) is 0.528. The highest BCUT2D eigenvalue weighted by Crippen LogP contribution is 2.34. The molecule has 2 aromatic heterocycles. The van der Waals surface area contributed by atoms with Gasteiger partial charge in [-0.25, -0.2) is 9.78 Å². The van der Waals surface area contributed by atoms with Crippen LogP contribution in [0.3, 0.4) is 0 Å². The summed E-state index contributed by atoms with van der Waals surface area (Å²) < 4.78 is 1.97. The lowest BCUT2D eigenvalue weighted by atomic mass is 9.95. The minimum Gasteiger partial charge on any atom is -0.351 e. The van der Waals surface area contributed by atoms with E-state index in [-0.39, 0.29) is 35.8 Å². The average molecular weight is 616 g/mol. The Hall–Kier alpha value is -4.45. The highest BCUT2D eigenvalue weighted by molar-refractivity contribution is 5.95. The zero-order valence-corrected chi connectivity index (χ0v) is 27.4. The second-order valence-electron chi connectivity index (χ2n) is 12.7. The fraction of sp³-hybridized carbons (Fsp3) is 0.485. The summed E-state index contributed by atoms with van der Waals surface area (Å²) >= 11 is 0. The van der Waals surface area contributed by atoms with Gasteiger partial charge in [-0.1, -0.05) is 19.1 Å². The lowest BCUT2D eigenvalue weighted by Gasteiger charge is -2.33. The number of piperazine rings is 1. The number of carbonyl (C=O) groups is 3. The molecule has 1 fully saturated rings. The van der Waals surface area contributed by atoms with Crippen LogP contribution < -0.4 is 15.5 Å². The van der Waals surface area contributed by atoms with Gasteiger partial charge < -0.3 is 30.2 Å². The molecule has 240 valence electrons. The number of aromatic nitrogens is 3. The summed E-state index contributed by atoms with van der Waals surface area (Å²) in [6, 6.07) is 11.0. The van der Waals surface area contributed by atoms with Crippen LogP contribution in [0, 0.1) is 0 Å². The molecule has 12 heteroatoms. The predicted octanol–water partition coefficient (Wildman–Crippen LogP) is 3.95. The third kappa shape index (κ3) is 6.95. The van der Waals surface area contributed by atoms with Crippen molar-refractivity contribution in [2.45, 2.75) is 52.2 Å². The molecule has 12 nitrogen and oxygen atoms in total. The minimum atomic E-state index is -0.278. The Morgan fingerprint density at radius 1 is 0.978 bits per heavy atom. The normalized spacial score (nSPS) is 17.6. The van der Waals surface area contributed by atoms with Crippen molar-refractivity contribution < 1.29 is 14.4 Å². The molecule has 0 saturated carbocycles. The van der Waals surface area contributed by atoms with E-state index in [0.717, 1.165) is 35.7 Å². The number of urea groups is 1. The molecule has 5 rings (SSSR count). The average Bonchev–Trinajstić information content (AvgIpc) is 3.42. The van der Waals surface area contributed by atoms with Gasteiger partial charge in [0, 0.05) is 88.5 Å². The van der Waals surface area contributed by atoms with E-state index < -0.39 is 0 Å². The standard InChI is InChI=1S/C33H45N9O3/c1-21(2)42-30-22(3)19-41(28-13-10-25(18-34-28)32(44)38(5)6)20-27(30)29(37-42)31(43)35-23(4)24-8-11-26(12-9-24)36-33(45)40-16-14-39(7)15-17-40/h8-13,18,21-23H,14-17,19-20H2,1-7H3,(H,35,43)(H,36,45)/t22-,23-/m0/s1. The number of amides is 4. The Morgan fingerprint density at radius 2 is 1.67 bits per heavy atom. The van der Waals surface area contributed by atoms with Gasteiger partial charge in [-0.15, -0.1) is 0 Å². The molecule has 4 heterocycles. The van der Waals surface area contributed by atoms with Crippen molar-refractivity contribution in [1.29, 1.82) is 0 Å². The topological polar surface area (TPSA) is 119 Å². The summed E-state index contributed by atoms with van der Waals surface area (Å²) in [6.45, 7) is 12.6. The number of hydrogen-bond donors (Lipinski definition) is 2. The first-order chi connectivity index (χ1) is 21.4. The van der Waals surface area contributed by atoms with Gasteiger partial charge >= 0.3 is 6.03 Å². The van der Waals surface area contributed by atoms with E-state index in [1.54, 1.807) is 26.4 Å². The van der Waals surface area contributed by atoms with Gasteiger partial charge in [0.05, 0.1) is 11.6 Å². The van der Waals surface area contributed by atoms with Crippen LogP contribution in [0.25, 0.3) is 0 Å². The van der Waals surface area contributed by atoms with Crippen molar-refractivity contribution >= 4 is 29.4 Å². The maximum absolute atomic E-state index is 13.8. The Morgan fingerprint density at radius 3 is 2.27 bits per heavy atom. The largest absolute Gasteiger partial charge is 0.351 e. The Bertz CT molecular complexity index is 1520. The zero-order valence-electron chi connectivity index (χ0n) is 27.4. The fourth-order valence-corrected chi connectivity index (χ4v) is 5.96. The van der Waals surface area contributed by atoms with Gasteiger partial charge in [0.1, 0.15) is 5.82 Å². The number of fused-ring (bicyclic) bond motifs is 1. The van der Waals surface area contributed by atoms with E-state index in [1.165, 1.54) is 4.90 Å². The number of pyridine rings is 1. The SMILES string of the molecule is CC(C)n1nc(C(=O)N[C@@H](C)c2ccc(NC(=O)N3CCN(C)CC3)cc2)c2c1[C@@H](C)CN(c1ccc(C(=O)N(C)C)cn1)C2. The van der Waals surface area contributed by atoms with Gasteiger partial charge in [0.2, 0.25) is 0 Å². The van der Waals surface area contributed by atoms with E-state index in [1.807, 2.05) is 46.8 Å². The molecule has 0 bridgehead atoms. The van der Waals surface area contributed by atoms with Gasteiger partial charge in [-0.2, -0.15) is 5.10 Å². The molecule has 0 aliphatic carbocycles. The zero-order chi connectivity index (χ0) is 32.4. The van der Waals surface area contributed by atoms with E-state index in [4.69, 9.17) is 5.10 Å². The number of benzene rings is 1. The molecule has 1 saturated heterocycles. The Labute approximate surface area is 265 Å². The number of likely N-dealkylation sites (N-methyl/N-ethyl adjacent to an activating group) is 1. The smallest absolute Gasteiger partial charge is 0.321 e. The van der Waals surface area contributed by atoms with Crippen LogP contribution in [0.15, 0.2) is 42.6 Å². The quantitative estimate of drug-likeness (QED) is 0.413. The molecule has 2 aliphatic heterocycles. The van der Waals surface area contributed by atoms with Crippen molar-refractivity contribution in [2.24, 2.45) is 0 Å². The first kappa shape index (κ1) is 32.0. The second kappa shape index (κ2) is 13.3. The first-order valence-electron chi connectivity index (χ1n) is 15.6. The van der Waals surface area contributed by atoms with E-state index >= 15 is 0 Å². The molecule has 1 aromatic carbocycles. The van der Waals surface area contributed by atoms with E-state index in [0.29, 0.717) is 43.1 Å². The van der Waals surface area contributed by atoms with Crippen LogP contribution >= 0.6 is 0 Å². The van der Waals surface area contributed by atoms with E-state index in [2.05, 4.69) is 53.2 Å². The van der Waals surface area contributed by atoms with Gasteiger partial charge in [-0.3, -0.25) is 14.3 Å². The summed E-state index contributed by atoms with van der Waals surface area (Å²) in [4.78, 5) is 51.1. The third-order valence-corrected chi connectivity index (χ3v) is 8.59. The second-order valence-corrected chi connectivity index (χ2v) is 12.7. The highest BCUT2D eigenvalue weighted by atomic mass is 16.2. The Balaban J connectivity index is 1.29. The fourth-order valence-electron chi connectivity index (χ4n) is 5.96. The first-order valence-corrected chi connectivity index (χ1v) is 15.6. The number of hydrogen-bond acceptors (Lipinski definition) is 7. The number of rotatable bonds is 7. The summed E-state index contributed by atoms with van der Waals surface area (Å²) in [5.41, 5.74) is 4.54. The van der Waals surface area contributed by atoms with Crippen LogP contribution in [0.1, 0.15) is 83.4 Å². The summed E-state index contributed by atoms with van der Waals surface area (Å²) in [6.07, 6.45) is 1.60. The number of nitrogens with zero attached hydrogens (tertiary/aromatic N) is 7. The molecule has 3 aromatic rings. The lowest BCUT2D eigenvalue weighted by Crippen LogP contribution is -2.48. The van der Waals surface area contributed by atoms with Crippen LogP contribution in [0.4, 0.5) is 16.3 Å². The lowest BCUT2D eigenvalue weighted by molar-refractivity contribution is 0.0826. The molecular formula is C33H45N9O3. The maximum Gasteiger partial charge on any atom is 0.321 e. The van der Waals surface area contributed by atoms with Gasteiger partial charge in [0.25, 0.3) is 11.8 Å². The van der Waals surface area contributed by atoms with Crippen LogP contribution in [-0.2, 0) is 6.54 Å². The monoisotopic (exact) mass is 615 g/mol. The predicted molar refractivity (Wildman–Crippen MR) is 175 cm³/mol. The highest BCUT2D eigenvalue weighted by Gasteiger charge is 2.34. The molecule has 0 radical (unpaired) electrons. The molecule has 2 atom stereocenters. The summed E-state index contributed by atoms with van der Waals surface area (Å²) in [5, 5.41) is 10.9. The van der Waals surface area contributed by atoms with Crippen LogP contribution in [0.5, 0.6) is 0 Å². The molecule has 0 unspecified atom stereocenters. The van der Waals surface area contributed by atoms with Crippen LogP contribution in [-0.4, -0.2) is 101 Å².